The van der Waals surface area contributed by atoms with Crippen molar-refractivity contribution >= 4 is 17.6 Å². The summed E-state index contributed by atoms with van der Waals surface area (Å²) in [5.74, 6) is 0.307. The molecule has 0 unspecified atom stereocenters. The highest BCUT2D eigenvalue weighted by molar-refractivity contribution is 6.10. The normalized spacial score (nSPS) is 15.4. The maximum Gasteiger partial charge on any atom is 0.257 e. The molecule has 1 saturated heterocycles. The number of aliphatic imine (C=N–C) groups is 1. The molecule has 0 aliphatic carbocycles. The number of aryl methyl sites for hydroxylation is 1. The largest absolute Gasteiger partial charge is 0.379 e. The van der Waals surface area contributed by atoms with E-state index in [-0.39, 0.29) is 11.3 Å². The van der Waals surface area contributed by atoms with E-state index in [2.05, 4.69) is 49.3 Å². The first-order chi connectivity index (χ1) is 15.4. The van der Waals surface area contributed by atoms with Gasteiger partial charge in [-0.3, -0.25) is 20.0 Å². The highest BCUT2D eigenvalue weighted by Crippen LogP contribution is 2.22. The summed E-state index contributed by atoms with van der Waals surface area (Å²) in [6, 6.07) is 15.9. The van der Waals surface area contributed by atoms with Gasteiger partial charge in [0.25, 0.3) is 5.91 Å². The Morgan fingerprint density at radius 1 is 1.06 bits per heavy atom. The molecule has 6 nitrogen and oxygen atoms in total. The third-order valence-corrected chi connectivity index (χ3v) is 5.69. The number of amides is 1. The molecule has 2 aromatic rings. The molecule has 32 heavy (non-hydrogen) atoms. The van der Waals surface area contributed by atoms with Crippen molar-refractivity contribution in [2.24, 2.45) is 4.99 Å². The number of guanidine groups is 1. The highest BCUT2D eigenvalue weighted by atomic mass is 16.5. The van der Waals surface area contributed by atoms with Crippen molar-refractivity contribution in [1.82, 2.24) is 10.2 Å². The van der Waals surface area contributed by atoms with Crippen LogP contribution in [0.25, 0.3) is 0 Å². The van der Waals surface area contributed by atoms with Gasteiger partial charge in [-0.2, -0.15) is 0 Å². The fourth-order valence-electron chi connectivity index (χ4n) is 3.62. The fraction of sp³-hybridized carbons (Fsp3) is 0.462. The molecule has 0 saturated carbocycles. The molecule has 6 heteroatoms. The van der Waals surface area contributed by atoms with Gasteiger partial charge in [-0.05, 0) is 41.2 Å². The zero-order chi connectivity index (χ0) is 23.0. The van der Waals surface area contributed by atoms with Crippen molar-refractivity contribution in [1.29, 1.82) is 0 Å². The molecular weight excluding hydrogens is 400 g/mol. The van der Waals surface area contributed by atoms with Gasteiger partial charge < -0.3 is 10.1 Å². The third kappa shape index (κ3) is 6.90. The molecule has 0 radical (unpaired) electrons. The van der Waals surface area contributed by atoms with E-state index in [0.29, 0.717) is 18.1 Å². The summed E-state index contributed by atoms with van der Waals surface area (Å²) in [5.41, 5.74) is 4.00. The second-order valence-electron chi connectivity index (χ2n) is 9.10. The van der Waals surface area contributed by atoms with E-state index in [1.54, 1.807) is 0 Å². The summed E-state index contributed by atoms with van der Waals surface area (Å²) in [6.45, 7) is 13.4. The minimum atomic E-state index is -0.169. The van der Waals surface area contributed by atoms with E-state index in [4.69, 9.17) is 9.73 Å². The molecule has 0 atom stereocenters. The zero-order valence-corrected chi connectivity index (χ0v) is 19.8. The molecule has 2 aromatic carbocycles. The molecule has 1 fully saturated rings. The number of hydrogen-bond acceptors (Lipinski definition) is 4. The molecule has 2 N–H and O–H groups in total. The van der Waals surface area contributed by atoms with E-state index in [0.717, 1.165) is 45.0 Å². The SMILES string of the molecule is CCc1ccccc1NC(=NCCN1CCOCC1)NC(=O)c1ccc(C(C)(C)C)cc1. The van der Waals surface area contributed by atoms with Crippen LogP contribution in [0.1, 0.15) is 49.2 Å². The number of carbonyl (C=O) groups excluding carboxylic acids is 1. The molecule has 0 bridgehead atoms. The van der Waals surface area contributed by atoms with E-state index in [1.165, 1.54) is 11.1 Å². The Hall–Kier alpha value is -2.70. The summed E-state index contributed by atoms with van der Waals surface area (Å²) < 4.78 is 5.42. The number of rotatable bonds is 6. The number of ether oxygens (including phenoxy) is 1. The number of carbonyl (C=O) groups is 1. The summed E-state index contributed by atoms with van der Waals surface area (Å²) in [4.78, 5) is 20.0. The number of para-hydroxylation sites is 1. The fourth-order valence-corrected chi connectivity index (χ4v) is 3.62. The number of morpholine rings is 1. The number of anilines is 1. The van der Waals surface area contributed by atoms with Gasteiger partial charge >= 0.3 is 0 Å². The zero-order valence-electron chi connectivity index (χ0n) is 19.8. The van der Waals surface area contributed by atoms with Gasteiger partial charge in [-0.25, -0.2) is 0 Å². The number of nitrogens with zero attached hydrogens (tertiary/aromatic N) is 2. The standard InChI is InChI=1S/C26H36N4O2/c1-5-20-8-6-7-9-23(20)28-25(27-14-15-30-16-18-32-19-17-30)29-24(31)21-10-12-22(13-11-21)26(2,3)4/h6-13H,5,14-19H2,1-4H3,(H2,27,28,29,31). The van der Waals surface area contributed by atoms with Crippen molar-refractivity contribution in [3.63, 3.8) is 0 Å². The molecule has 1 amide bonds. The lowest BCUT2D eigenvalue weighted by atomic mass is 9.87. The molecule has 1 heterocycles. The second-order valence-corrected chi connectivity index (χ2v) is 9.10. The van der Waals surface area contributed by atoms with Crippen LogP contribution in [0.5, 0.6) is 0 Å². The van der Waals surface area contributed by atoms with Crippen LogP contribution in [0.3, 0.4) is 0 Å². The van der Waals surface area contributed by atoms with E-state index < -0.39 is 0 Å². The molecular formula is C26H36N4O2. The Bertz CT molecular complexity index is 910. The van der Waals surface area contributed by atoms with Crippen LogP contribution in [0, 0.1) is 0 Å². The lowest BCUT2D eigenvalue weighted by molar-refractivity contribution is 0.0394. The number of nitrogens with one attached hydrogen (secondary N) is 2. The quantitative estimate of drug-likeness (QED) is 0.529. The first kappa shape index (κ1) is 24.0. The van der Waals surface area contributed by atoms with Gasteiger partial charge in [0.05, 0.1) is 19.8 Å². The average molecular weight is 437 g/mol. The minimum absolute atomic E-state index is 0.0482. The van der Waals surface area contributed by atoms with Crippen LogP contribution < -0.4 is 10.6 Å². The maximum atomic E-state index is 13.0. The van der Waals surface area contributed by atoms with Crippen LogP contribution in [-0.4, -0.2) is 56.2 Å². The van der Waals surface area contributed by atoms with Gasteiger partial charge in [-0.15, -0.1) is 0 Å². The lowest BCUT2D eigenvalue weighted by Gasteiger charge is -2.25. The Labute approximate surface area is 192 Å². The third-order valence-electron chi connectivity index (χ3n) is 5.69. The van der Waals surface area contributed by atoms with Crippen molar-refractivity contribution in [2.75, 3.05) is 44.7 Å². The Balaban J connectivity index is 1.73. The minimum Gasteiger partial charge on any atom is -0.379 e. The van der Waals surface area contributed by atoms with Crippen LogP contribution >= 0.6 is 0 Å². The van der Waals surface area contributed by atoms with Crippen molar-refractivity contribution < 1.29 is 9.53 Å². The van der Waals surface area contributed by atoms with E-state index in [9.17, 15) is 4.79 Å². The predicted molar refractivity (Wildman–Crippen MR) is 132 cm³/mol. The first-order valence-electron chi connectivity index (χ1n) is 11.5. The smallest absolute Gasteiger partial charge is 0.257 e. The van der Waals surface area contributed by atoms with Crippen molar-refractivity contribution in [3.8, 4) is 0 Å². The molecule has 1 aliphatic rings. The van der Waals surface area contributed by atoms with Gasteiger partial charge in [0, 0.05) is 30.9 Å². The van der Waals surface area contributed by atoms with Gasteiger partial charge in [-0.1, -0.05) is 58.0 Å². The monoisotopic (exact) mass is 436 g/mol. The molecule has 3 rings (SSSR count). The van der Waals surface area contributed by atoms with E-state index in [1.807, 2.05) is 42.5 Å². The first-order valence-corrected chi connectivity index (χ1v) is 11.5. The van der Waals surface area contributed by atoms with Crippen LogP contribution in [-0.2, 0) is 16.6 Å². The summed E-state index contributed by atoms with van der Waals surface area (Å²) in [5, 5.41) is 6.33. The molecule has 0 spiro atoms. The highest BCUT2D eigenvalue weighted by Gasteiger charge is 2.16. The molecule has 1 aliphatic heterocycles. The Kier molecular flexibility index (Phi) is 8.42. The van der Waals surface area contributed by atoms with E-state index >= 15 is 0 Å². The topological polar surface area (TPSA) is 66.0 Å². The van der Waals surface area contributed by atoms with Crippen molar-refractivity contribution in [2.45, 2.75) is 39.5 Å². The summed E-state index contributed by atoms with van der Waals surface area (Å²) in [6.07, 6.45) is 0.895. The predicted octanol–water partition coefficient (Wildman–Crippen LogP) is 4.08. The van der Waals surface area contributed by atoms with Crippen LogP contribution in [0.4, 0.5) is 5.69 Å². The average Bonchev–Trinajstić information content (AvgIpc) is 2.79. The molecule has 0 aromatic heterocycles. The summed E-state index contributed by atoms with van der Waals surface area (Å²) in [7, 11) is 0. The molecule has 172 valence electrons. The lowest BCUT2D eigenvalue weighted by Crippen LogP contribution is -2.39. The van der Waals surface area contributed by atoms with Gasteiger partial charge in [0.2, 0.25) is 5.96 Å². The van der Waals surface area contributed by atoms with Crippen LogP contribution in [0.2, 0.25) is 0 Å². The maximum absolute atomic E-state index is 13.0. The number of hydrogen-bond donors (Lipinski definition) is 2. The Morgan fingerprint density at radius 2 is 1.75 bits per heavy atom. The number of benzene rings is 2. The summed E-state index contributed by atoms with van der Waals surface area (Å²) >= 11 is 0. The van der Waals surface area contributed by atoms with Gasteiger partial charge in [0.15, 0.2) is 0 Å². The van der Waals surface area contributed by atoms with Crippen molar-refractivity contribution in [3.05, 3.63) is 65.2 Å². The second kappa shape index (κ2) is 11.2. The Morgan fingerprint density at radius 3 is 2.41 bits per heavy atom. The van der Waals surface area contributed by atoms with Gasteiger partial charge in [0.1, 0.15) is 0 Å². The van der Waals surface area contributed by atoms with Crippen LogP contribution in [0.15, 0.2) is 53.5 Å².